The van der Waals surface area contributed by atoms with Crippen molar-refractivity contribution in [1.29, 1.82) is 0 Å². The molecule has 0 amide bonds. The Morgan fingerprint density at radius 3 is 1.69 bits per heavy atom. The molecule has 0 aromatic heterocycles. The zero-order valence-electron chi connectivity index (χ0n) is 15.4. The fraction of sp³-hybridized carbons (Fsp3) is 0.667. The Kier molecular flexibility index (Phi) is 9.78. The second kappa shape index (κ2) is 11.0. The molecule has 1 aromatic carbocycles. The standard InChI is InChI=1S/C18H30O6S2/c1-2-3-4-5-6-7-8-9-10-11-13-16-14-12-15-17(25(19,20)21)18(16)26(22,23)24/h12,14-15H,2-11,13H2,1H3,(H,19,20,21)(H,22,23,24). The van der Waals surface area contributed by atoms with Gasteiger partial charge in [0.2, 0.25) is 0 Å². The summed E-state index contributed by atoms with van der Waals surface area (Å²) in [6, 6.07) is 3.80. The average molecular weight is 407 g/mol. The zero-order valence-corrected chi connectivity index (χ0v) is 17.0. The highest BCUT2D eigenvalue weighted by molar-refractivity contribution is 7.89. The van der Waals surface area contributed by atoms with Gasteiger partial charge in [-0.3, -0.25) is 9.11 Å². The van der Waals surface area contributed by atoms with Crippen molar-refractivity contribution in [3.8, 4) is 0 Å². The van der Waals surface area contributed by atoms with E-state index in [4.69, 9.17) is 0 Å². The lowest BCUT2D eigenvalue weighted by Gasteiger charge is -2.10. The summed E-state index contributed by atoms with van der Waals surface area (Å²) in [6.45, 7) is 2.19. The van der Waals surface area contributed by atoms with Crippen LogP contribution in [0.25, 0.3) is 0 Å². The van der Waals surface area contributed by atoms with Crippen molar-refractivity contribution in [2.45, 2.75) is 87.3 Å². The van der Waals surface area contributed by atoms with Gasteiger partial charge in [-0.25, -0.2) is 0 Å². The molecule has 0 aliphatic rings. The van der Waals surface area contributed by atoms with E-state index in [0.717, 1.165) is 25.3 Å². The molecule has 0 fully saturated rings. The van der Waals surface area contributed by atoms with E-state index in [9.17, 15) is 25.9 Å². The first-order chi connectivity index (χ1) is 12.2. The smallest absolute Gasteiger partial charge is 0.282 e. The maximum atomic E-state index is 11.6. The summed E-state index contributed by atoms with van der Waals surface area (Å²) >= 11 is 0. The Balaban J connectivity index is 2.53. The Bertz CT molecular complexity index is 754. The maximum Gasteiger partial charge on any atom is 0.296 e. The number of hydrogen-bond donors (Lipinski definition) is 2. The lowest BCUT2D eigenvalue weighted by Crippen LogP contribution is -2.11. The summed E-state index contributed by atoms with van der Waals surface area (Å²) in [4.78, 5) is -1.48. The molecule has 0 saturated carbocycles. The molecule has 2 N–H and O–H groups in total. The van der Waals surface area contributed by atoms with E-state index < -0.39 is 30.0 Å². The molecule has 0 heterocycles. The maximum absolute atomic E-state index is 11.6. The monoisotopic (exact) mass is 406 g/mol. The van der Waals surface area contributed by atoms with Crippen LogP contribution in [0, 0.1) is 0 Å². The zero-order chi connectivity index (χ0) is 19.6. The molecule has 0 saturated heterocycles. The molecule has 1 aromatic rings. The highest BCUT2D eigenvalue weighted by Crippen LogP contribution is 2.26. The summed E-state index contributed by atoms with van der Waals surface area (Å²) in [5.41, 5.74) is 0.210. The van der Waals surface area contributed by atoms with E-state index in [2.05, 4.69) is 6.92 Å². The summed E-state index contributed by atoms with van der Waals surface area (Å²) in [5, 5.41) is 0. The van der Waals surface area contributed by atoms with Crippen LogP contribution in [0.1, 0.15) is 76.7 Å². The van der Waals surface area contributed by atoms with Crippen LogP contribution in [0.4, 0.5) is 0 Å². The molecule has 0 bridgehead atoms. The van der Waals surface area contributed by atoms with Gasteiger partial charge in [-0.15, -0.1) is 0 Å². The predicted molar refractivity (Wildman–Crippen MR) is 102 cm³/mol. The van der Waals surface area contributed by atoms with E-state index in [1.54, 1.807) is 0 Å². The number of unbranched alkanes of at least 4 members (excludes halogenated alkanes) is 9. The molecule has 0 aliphatic carbocycles. The van der Waals surface area contributed by atoms with Crippen molar-refractivity contribution in [3.05, 3.63) is 23.8 Å². The fourth-order valence-electron chi connectivity index (χ4n) is 3.06. The minimum Gasteiger partial charge on any atom is -0.282 e. The fourth-order valence-corrected chi connectivity index (χ4v) is 5.13. The molecule has 26 heavy (non-hydrogen) atoms. The first kappa shape index (κ1) is 23.1. The molecule has 8 heteroatoms. The topological polar surface area (TPSA) is 109 Å². The molecule has 6 nitrogen and oxygen atoms in total. The van der Waals surface area contributed by atoms with Crippen LogP contribution in [0.15, 0.2) is 28.0 Å². The Hall–Kier alpha value is -0.960. The normalized spacial score (nSPS) is 12.4. The van der Waals surface area contributed by atoms with Crippen molar-refractivity contribution < 1.29 is 25.9 Å². The van der Waals surface area contributed by atoms with Crippen LogP contribution in [-0.4, -0.2) is 25.9 Å². The highest BCUT2D eigenvalue weighted by Gasteiger charge is 2.26. The van der Waals surface area contributed by atoms with Crippen LogP contribution in [0.2, 0.25) is 0 Å². The van der Waals surface area contributed by atoms with Gasteiger partial charge in [0.05, 0.1) is 0 Å². The molecule has 0 radical (unpaired) electrons. The van der Waals surface area contributed by atoms with E-state index >= 15 is 0 Å². The summed E-state index contributed by atoms with van der Waals surface area (Å²) in [7, 11) is -9.48. The lowest BCUT2D eigenvalue weighted by molar-refractivity contribution is 0.464. The number of hydrogen-bond acceptors (Lipinski definition) is 4. The quantitative estimate of drug-likeness (QED) is 0.365. The van der Waals surface area contributed by atoms with Gasteiger partial charge in [-0.2, -0.15) is 16.8 Å². The largest absolute Gasteiger partial charge is 0.296 e. The third kappa shape index (κ3) is 8.16. The number of benzene rings is 1. The first-order valence-corrected chi connectivity index (χ1v) is 12.1. The summed E-state index contributed by atoms with van der Waals surface area (Å²) in [5.74, 6) is 0. The molecule has 0 aliphatic heterocycles. The second-order valence-electron chi connectivity index (χ2n) is 6.63. The van der Waals surface area contributed by atoms with Crippen LogP contribution in [-0.2, 0) is 26.7 Å². The molecule has 0 spiro atoms. The van der Waals surface area contributed by atoms with Gasteiger partial charge >= 0.3 is 0 Å². The van der Waals surface area contributed by atoms with Crippen molar-refractivity contribution in [2.24, 2.45) is 0 Å². The average Bonchev–Trinajstić information content (AvgIpc) is 2.54. The third-order valence-corrected chi connectivity index (χ3v) is 6.42. The van der Waals surface area contributed by atoms with Crippen LogP contribution in [0.3, 0.4) is 0 Å². The van der Waals surface area contributed by atoms with E-state index in [1.165, 1.54) is 50.7 Å². The van der Waals surface area contributed by atoms with Gasteiger partial charge in [-0.1, -0.05) is 76.8 Å². The van der Waals surface area contributed by atoms with Gasteiger partial charge in [0, 0.05) is 0 Å². The van der Waals surface area contributed by atoms with Crippen LogP contribution < -0.4 is 0 Å². The number of aryl methyl sites for hydroxylation is 1. The third-order valence-electron chi connectivity index (χ3n) is 4.40. The van der Waals surface area contributed by atoms with Crippen molar-refractivity contribution in [3.63, 3.8) is 0 Å². The minimum atomic E-state index is -4.75. The van der Waals surface area contributed by atoms with E-state index in [0.29, 0.717) is 12.8 Å². The molecule has 1 rings (SSSR count). The lowest BCUT2D eigenvalue weighted by atomic mass is 10.0. The van der Waals surface area contributed by atoms with Gasteiger partial charge < -0.3 is 0 Å². The number of rotatable bonds is 13. The molecular formula is C18H30O6S2. The Morgan fingerprint density at radius 1 is 0.731 bits per heavy atom. The summed E-state index contributed by atoms with van der Waals surface area (Å²) in [6.07, 6.45) is 11.6. The van der Waals surface area contributed by atoms with E-state index in [1.807, 2.05) is 0 Å². The predicted octanol–water partition coefficient (Wildman–Crippen LogP) is 4.64. The van der Waals surface area contributed by atoms with Gasteiger partial charge in [-0.05, 0) is 24.5 Å². The molecular weight excluding hydrogens is 376 g/mol. The van der Waals surface area contributed by atoms with Gasteiger partial charge in [0.15, 0.2) is 0 Å². The molecule has 0 atom stereocenters. The van der Waals surface area contributed by atoms with Gasteiger partial charge in [0.25, 0.3) is 20.2 Å². The Morgan fingerprint density at radius 2 is 1.23 bits per heavy atom. The van der Waals surface area contributed by atoms with Crippen molar-refractivity contribution in [1.82, 2.24) is 0 Å². The molecule has 0 unspecified atom stereocenters. The highest BCUT2D eigenvalue weighted by atomic mass is 32.2. The second-order valence-corrected chi connectivity index (χ2v) is 9.37. The van der Waals surface area contributed by atoms with Crippen molar-refractivity contribution >= 4 is 20.2 Å². The van der Waals surface area contributed by atoms with E-state index in [-0.39, 0.29) is 5.56 Å². The summed E-state index contributed by atoms with van der Waals surface area (Å²) < 4.78 is 64.5. The SMILES string of the molecule is CCCCCCCCCCCCc1cccc(S(=O)(=O)O)c1S(=O)(=O)O. The Labute approximate surface area is 157 Å². The molecule has 150 valence electrons. The van der Waals surface area contributed by atoms with Crippen LogP contribution in [0.5, 0.6) is 0 Å². The van der Waals surface area contributed by atoms with Gasteiger partial charge in [0.1, 0.15) is 9.79 Å². The first-order valence-electron chi connectivity index (χ1n) is 9.24. The minimum absolute atomic E-state index is 0.210. The van der Waals surface area contributed by atoms with Crippen molar-refractivity contribution in [2.75, 3.05) is 0 Å². The van der Waals surface area contributed by atoms with Crippen LogP contribution >= 0.6 is 0 Å².